The number of hydrogen-bond donors (Lipinski definition) is 2. The van der Waals surface area contributed by atoms with Crippen LogP contribution in [0.3, 0.4) is 0 Å². The van der Waals surface area contributed by atoms with Gasteiger partial charge in [-0.2, -0.15) is 0 Å². The number of rotatable bonds is 5. The summed E-state index contributed by atoms with van der Waals surface area (Å²) < 4.78 is 0. The first-order valence-electron chi connectivity index (χ1n) is 5.57. The molecule has 0 heterocycles. The minimum Gasteiger partial charge on any atom is -0.326 e. The summed E-state index contributed by atoms with van der Waals surface area (Å²) in [6, 6.07) is 0. The molecule has 0 aromatic rings. The van der Waals surface area contributed by atoms with E-state index in [-0.39, 0.29) is 5.54 Å². The minimum absolute atomic E-state index is 0.0112. The summed E-state index contributed by atoms with van der Waals surface area (Å²) in [4.78, 5) is 0. The molecular formula is C11H24N2. The number of nitrogens with two attached hydrogens (primary N) is 1. The third kappa shape index (κ3) is 5.27. The summed E-state index contributed by atoms with van der Waals surface area (Å²) in [6.45, 7) is 6.45. The highest BCUT2D eigenvalue weighted by Crippen LogP contribution is 2.23. The maximum Gasteiger partial charge on any atom is 0.0109 e. The fourth-order valence-electron chi connectivity index (χ4n) is 1.93. The summed E-state index contributed by atoms with van der Waals surface area (Å²) in [7, 11) is 0. The second-order valence-electron chi connectivity index (χ2n) is 5.09. The van der Waals surface area contributed by atoms with Crippen LogP contribution in [0.15, 0.2) is 0 Å². The van der Waals surface area contributed by atoms with Gasteiger partial charge in [0.1, 0.15) is 0 Å². The Labute approximate surface area is 82.3 Å². The van der Waals surface area contributed by atoms with Crippen molar-refractivity contribution in [3.05, 3.63) is 0 Å². The summed E-state index contributed by atoms with van der Waals surface area (Å²) in [6.07, 6.45) is 6.81. The molecule has 0 aliphatic heterocycles. The van der Waals surface area contributed by atoms with E-state index in [4.69, 9.17) is 5.73 Å². The topological polar surface area (TPSA) is 38.0 Å². The molecule has 0 amide bonds. The minimum atomic E-state index is -0.0112. The van der Waals surface area contributed by atoms with Gasteiger partial charge in [-0.3, -0.25) is 0 Å². The van der Waals surface area contributed by atoms with Crippen molar-refractivity contribution < 1.29 is 0 Å². The average Bonchev–Trinajstić information content (AvgIpc) is 2.48. The molecule has 0 aromatic carbocycles. The molecular weight excluding hydrogens is 160 g/mol. The van der Waals surface area contributed by atoms with Crippen molar-refractivity contribution in [1.82, 2.24) is 5.32 Å². The van der Waals surface area contributed by atoms with Crippen molar-refractivity contribution in [2.75, 3.05) is 13.1 Å². The quantitative estimate of drug-likeness (QED) is 0.640. The van der Waals surface area contributed by atoms with Crippen molar-refractivity contribution in [3.63, 3.8) is 0 Å². The molecule has 1 fully saturated rings. The molecule has 0 aromatic heterocycles. The molecule has 13 heavy (non-hydrogen) atoms. The van der Waals surface area contributed by atoms with Gasteiger partial charge in [-0.05, 0) is 52.1 Å². The first-order chi connectivity index (χ1) is 6.08. The summed E-state index contributed by atoms with van der Waals surface area (Å²) >= 11 is 0. The molecule has 0 radical (unpaired) electrons. The molecule has 1 rings (SSSR count). The Morgan fingerprint density at radius 2 is 1.92 bits per heavy atom. The van der Waals surface area contributed by atoms with Crippen molar-refractivity contribution in [1.29, 1.82) is 0 Å². The van der Waals surface area contributed by atoms with Gasteiger partial charge < -0.3 is 11.1 Å². The van der Waals surface area contributed by atoms with Crippen LogP contribution in [0, 0.1) is 5.92 Å². The van der Waals surface area contributed by atoms with Crippen molar-refractivity contribution >= 4 is 0 Å². The average molecular weight is 184 g/mol. The maximum absolute atomic E-state index is 5.89. The van der Waals surface area contributed by atoms with E-state index in [0.717, 1.165) is 18.9 Å². The third-order valence-corrected chi connectivity index (χ3v) is 2.85. The van der Waals surface area contributed by atoms with Crippen molar-refractivity contribution in [3.8, 4) is 0 Å². The van der Waals surface area contributed by atoms with Gasteiger partial charge in [-0.25, -0.2) is 0 Å². The van der Waals surface area contributed by atoms with E-state index in [2.05, 4.69) is 19.2 Å². The summed E-state index contributed by atoms with van der Waals surface area (Å²) in [5.74, 6) is 0.945. The highest BCUT2D eigenvalue weighted by atomic mass is 14.9. The molecule has 1 aliphatic rings. The van der Waals surface area contributed by atoms with E-state index >= 15 is 0 Å². The van der Waals surface area contributed by atoms with Gasteiger partial charge in [-0.15, -0.1) is 0 Å². The Morgan fingerprint density at radius 1 is 1.31 bits per heavy atom. The second-order valence-corrected chi connectivity index (χ2v) is 5.09. The number of nitrogens with one attached hydrogen (secondary N) is 1. The number of hydrogen-bond acceptors (Lipinski definition) is 2. The standard InChI is InChI=1S/C11H24N2/c1-11(2,12)7-8-13-9-10-5-3-4-6-10/h10,13H,3-9,12H2,1-2H3. The lowest BCUT2D eigenvalue weighted by atomic mass is 10.0. The van der Waals surface area contributed by atoms with Crippen LogP contribution in [0.2, 0.25) is 0 Å². The lowest BCUT2D eigenvalue weighted by Crippen LogP contribution is -2.36. The van der Waals surface area contributed by atoms with Crippen LogP contribution in [0.4, 0.5) is 0 Å². The first kappa shape index (κ1) is 11.0. The molecule has 1 aliphatic carbocycles. The Bertz CT molecular complexity index is 132. The maximum atomic E-state index is 5.89. The highest BCUT2D eigenvalue weighted by molar-refractivity contribution is 4.74. The van der Waals surface area contributed by atoms with Gasteiger partial charge >= 0.3 is 0 Å². The van der Waals surface area contributed by atoms with Gasteiger partial charge in [0.15, 0.2) is 0 Å². The van der Waals surface area contributed by atoms with E-state index in [9.17, 15) is 0 Å². The zero-order valence-electron chi connectivity index (χ0n) is 9.10. The monoisotopic (exact) mass is 184 g/mol. The van der Waals surface area contributed by atoms with Crippen LogP contribution < -0.4 is 11.1 Å². The normalized spacial score (nSPS) is 19.6. The molecule has 0 unspecified atom stereocenters. The van der Waals surface area contributed by atoms with Crippen LogP contribution in [-0.4, -0.2) is 18.6 Å². The van der Waals surface area contributed by atoms with Gasteiger partial charge in [0.05, 0.1) is 0 Å². The molecule has 1 saturated carbocycles. The van der Waals surface area contributed by atoms with Gasteiger partial charge in [-0.1, -0.05) is 12.8 Å². The fraction of sp³-hybridized carbons (Fsp3) is 1.00. The van der Waals surface area contributed by atoms with Crippen molar-refractivity contribution in [2.45, 2.75) is 51.5 Å². The lowest BCUT2D eigenvalue weighted by molar-refractivity contribution is 0.427. The van der Waals surface area contributed by atoms with Gasteiger partial charge in [0, 0.05) is 5.54 Å². The zero-order chi connectivity index (χ0) is 9.73. The van der Waals surface area contributed by atoms with Crippen molar-refractivity contribution in [2.24, 2.45) is 11.7 Å². The Morgan fingerprint density at radius 3 is 2.46 bits per heavy atom. The molecule has 0 spiro atoms. The SMILES string of the molecule is CC(C)(N)CCNCC1CCCC1. The zero-order valence-corrected chi connectivity index (χ0v) is 9.10. The van der Waals surface area contributed by atoms with E-state index < -0.39 is 0 Å². The Balaban J connectivity index is 1.94. The summed E-state index contributed by atoms with van der Waals surface area (Å²) in [5, 5.41) is 3.50. The van der Waals surface area contributed by atoms with Crippen LogP contribution in [0.25, 0.3) is 0 Å². The molecule has 2 nitrogen and oxygen atoms in total. The summed E-state index contributed by atoms with van der Waals surface area (Å²) in [5.41, 5.74) is 5.88. The fourth-order valence-corrected chi connectivity index (χ4v) is 1.93. The molecule has 78 valence electrons. The third-order valence-electron chi connectivity index (χ3n) is 2.85. The molecule has 0 atom stereocenters. The Kier molecular flexibility index (Phi) is 4.20. The lowest BCUT2D eigenvalue weighted by Gasteiger charge is -2.19. The highest BCUT2D eigenvalue weighted by Gasteiger charge is 2.15. The molecule has 0 saturated heterocycles. The van der Waals surface area contributed by atoms with E-state index in [0.29, 0.717) is 0 Å². The first-order valence-corrected chi connectivity index (χ1v) is 5.57. The molecule has 2 heteroatoms. The molecule has 3 N–H and O–H groups in total. The smallest absolute Gasteiger partial charge is 0.0109 e. The second kappa shape index (κ2) is 4.97. The van der Waals surface area contributed by atoms with Gasteiger partial charge in [0.25, 0.3) is 0 Å². The van der Waals surface area contributed by atoms with Crippen LogP contribution >= 0.6 is 0 Å². The van der Waals surface area contributed by atoms with Gasteiger partial charge in [0.2, 0.25) is 0 Å². The Hall–Kier alpha value is -0.0800. The largest absolute Gasteiger partial charge is 0.326 e. The molecule has 0 bridgehead atoms. The van der Waals surface area contributed by atoms with E-state index in [1.165, 1.54) is 32.2 Å². The van der Waals surface area contributed by atoms with E-state index in [1.54, 1.807) is 0 Å². The predicted molar refractivity (Wildman–Crippen MR) is 57.7 cm³/mol. The van der Waals surface area contributed by atoms with Crippen LogP contribution in [0.5, 0.6) is 0 Å². The van der Waals surface area contributed by atoms with Crippen LogP contribution in [0.1, 0.15) is 46.0 Å². The predicted octanol–water partition coefficient (Wildman–Crippen LogP) is 1.89. The van der Waals surface area contributed by atoms with E-state index in [1.807, 2.05) is 0 Å². The van der Waals surface area contributed by atoms with Crippen LogP contribution in [-0.2, 0) is 0 Å².